The van der Waals surface area contributed by atoms with Crippen LogP contribution in [-0.2, 0) is 4.79 Å². The van der Waals surface area contributed by atoms with Gasteiger partial charge in [0.2, 0.25) is 5.91 Å². The van der Waals surface area contributed by atoms with Crippen LogP contribution in [0.25, 0.3) is 0 Å². The quantitative estimate of drug-likeness (QED) is 0.790. The summed E-state index contributed by atoms with van der Waals surface area (Å²) in [7, 11) is 1.78. The standard InChI is InChI=1S/C11H19N3O3/c1-8-5-9(13-17-8)12-10(16)6-14(4)11(2,3)7-15/h5,15H,6-7H2,1-4H3,(H,12,13,16). The van der Waals surface area contributed by atoms with Crippen molar-refractivity contribution >= 4 is 11.7 Å². The number of nitrogens with one attached hydrogen (secondary N) is 1. The van der Waals surface area contributed by atoms with E-state index in [1.54, 1.807) is 24.9 Å². The van der Waals surface area contributed by atoms with E-state index in [0.29, 0.717) is 11.6 Å². The summed E-state index contributed by atoms with van der Waals surface area (Å²) in [6, 6.07) is 1.65. The molecule has 96 valence electrons. The van der Waals surface area contributed by atoms with E-state index in [0.717, 1.165) is 0 Å². The second kappa shape index (κ2) is 5.29. The third kappa shape index (κ3) is 3.83. The normalized spacial score (nSPS) is 11.9. The van der Waals surface area contributed by atoms with Crippen molar-refractivity contribution in [1.82, 2.24) is 10.1 Å². The monoisotopic (exact) mass is 241 g/mol. The molecule has 1 aromatic heterocycles. The van der Waals surface area contributed by atoms with Crippen molar-refractivity contribution in [3.05, 3.63) is 11.8 Å². The highest BCUT2D eigenvalue weighted by Gasteiger charge is 2.24. The molecule has 0 aliphatic heterocycles. The number of amides is 1. The average Bonchev–Trinajstić information content (AvgIpc) is 2.63. The lowest BCUT2D eigenvalue weighted by atomic mass is 10.1. The van der Waals surface area contributed by atoms with Crippen LogP contribution >= 0.6 is 0 Å². The van der Waals surface area contributed by atoms with Crippen LogP contribution in [0.1, 0.15) is 19.6 Å². The third-order valence-electron chi connectivity index (χ3n) is 2.70. The van der Waals surface area contributed by atoms with Crippen molar-refractivity contribution in [2.75, 3.05) is 25.5 Å². The molecule has 1 aromatic rings. The van der Waals surface area contributed by atoms with Gasteiger partial charge in [-0.3, -0.25) is 9.69 Å². The summed E-state index contributed by atoms with van der Waals surface area (Å²) in [5.41, 5.74) is -0.433. The van der Waals surface area contributed by atoms with Gasteiger partial charge in [0.15, 0.2) is 5.82 Å². The molecule has 1 heterocycles. The summed E-state index contributed by atoms with van der Waals surface area (Å²) >= 11 is 0. The van der Waals surface area contributed by atoms with E-state index >= 15 is 0 Å². The van der Waals surface area contributed by atoms with Gasteiger partial charge < -0.3 is 14.9 Å². The van der Waals surface area contributed by atoms with Crippen LogP contribution in [-0.4, -0.2) is 46.8 Å². The maximum atomic E-state index is 11.7. The third-order valence-corrected chi connectivity index (χ3v) is 2.70. The Morgan fingerprint density at radius 3 is 2.76 bits per heavy atom. The summed E-state index contributed by atoms with van der Waals surface area (Å²) in [5, 5.41) is 15.5. The Kier molecular flexibility index (Phi) is 4.25. The van der Waals surface area contributed by atoms with Gasteiger partial charge in [0.25, 0.3) is 0 Å². The highest BCUT2D eigenvalue weighted by molar-refractivity contribution is 5.91. The maximum Gasteiger partial charge on any atom is 0.239 e. The number of likely N-dealkylation sites (N-methyl/N-ethyl adjacent to an activating group) is 1. The molecule has 0 saturated carbocycles. The summed E-state index contributed by atoms with van der Waals surface area (Å²) in [6.07, 6.45) is 0. The molecule has 0 saturated heterocycles. The number of aliphatic hydroxyl groups excluding tert-OH is 1. The number of rotatable bonds is 5. The second-order valence-corrected chi connectivity index (χ2v) is 4.70. The van der Waals surface area contributed by atoms with Crippen molar-refractivity contribution in [2.24, 2.45) is 0 Å². The predicted molar refractivity (Wildman–Crippen MR) is 63.7 cm³/mol. The summed E-state index contributed by atoms with van der Waals surface area (Å²) in [6.45, 7) is 5.64. The molecule has 0 unspecified atom stereocenters. The van der Waals surface area contributed by atoms with Crippen LogP contribution < -0.4 is 5.32 Å². The minimum Gasteiger partial charge on any atom is -0.394 e. The van der Waals surface area contributed by atoms with Crippen LogP contribution in [0.4, 0.5) is 5.82 Å². The molecule has 0 atom stereocenters. The minimum absolute atomic E-state index is 0.0140. The van der Waals surface area contributed by atoms with Crippen molar-refractivity contribution < 1.29 is 14.4 Å². The van der Waals surface area contributed by atoms with E-state index in [1.165, 1.54) is 0 Å². The van der Waals surface area contributed by atoms with Gasteiger partial charge in [0.1, 0.15) is 5.76 Å². The zero-order valence-corrected chi connectivity index (χ0v) is 10.6. The van der Waals surface area contributed by atoms with E-state index in [4.69, 9.17) is 9.63 Å². The predicted octanol–water partition coefficient (Wildman–Crippen LogP) is 0.624. The van der Waals surface area contributed by atoms with Gasteiger partial charge in [0.05, 0.1) is 13.2 Å². The lowest BCUT2D eigenvalue weighted by molar-refractivity contribution is -0.118. The maximum absolute atomic E-state index is 11.7. The molecule has 0 bridgehead atoms. The summed E-state index contributed by atoms with van der Waals surface area (Å²) < 4.78 is 4.84. The molecule has 0 aliphatic rings. The number of aromatic nitrogens is 1. The van der Waals surface area contributed by atoms with Gasteiger partial charge >= 0.3 is 0 Å². The number of carbonyl (C=O) groups excluding carboxylic acids is 1. The van der Waals surface area contributed by atoms with E-state index < -0.39 is 5.54 Å². The Morgan fingerprint density at radius 2 is 2.29 bits per heavy atom. The topological polar surface area (TPSA) is 78.6 Å². The Bertz CT molecular complexity index is 387. The van der Waals surface area contributed by atoms with Gasteiger partial charge in [-0.25, -0.2) is 0 Å². The van der Waals surface area contributed by atoms with Crippen molar-refractivity contribution in [1.29, 1.82) is 0 Å². The Balaban J connectivity index is 2.50. The molecule has 2 N–H and O–H groups in total. The SMILES string of the molecule is Cc1cc(NC(=O)CN(C)C(C)(C)CO)no1. The van der Waals surface area contributed by atoms with Crippen LogP contribution in [0, 0.1) is 6.92 Å². The van der Waals surface area contributed by atoms with Crippen LogP contribution in [0.2, 0.25) is 0 Å². The van der Waals surface area contributed by atoms with Crippen LogP contribution in [0.5, 0.6) is 0 Å². The van der Waals surface area contributed by atoms with Crippen molar-refractivity contribution in [3.63, 3.8) is 0 Å². The Hall–Kier alpha value is -1.40. The molecule has 0 spiro atoms. The van der Waals surface area contributed by atoms with Crippen molar-refractivity contribution in [2.45, 2.75) is 26.3 Å². The van der Waals surface area contributed by atoms with E-state index in [2.05, 4.69) is 10.5 Å². The average molecular weight is 241 g/mol. The van der Waals surface area contributed by atoms with E-state index in [-0.39, 0.29) is 19.1 Å². The van der Waals surface area contributed by atoms with Crippen LogP contribution in [0.3, 0.4) is 0 Å². The van der Waals surface area contributed by atoms with Crippen molar-refractivity contribution in [3.8, 4) is 0 Å². The zero-order valence-electron chi connectivity index (χ0n) is 10.6. The lowest BCUT2D eigenvalue weighted by Crippen LogP contribution is -2.47. The first-order chi connectivity index (χ1) is 7.85. The molecule has 6 heteroatoms. The molecule has 17 heavy (non-hydrogen) atoms. The molecule has 0 fully saturated rings. The molecular weight excluding hydrogens is 222 g/mol. The van der Waals surface area contributed by atoms with Gasteiger partial charge in [-0.2, -0.15) is 0 Å². The molecule has 0 radical (unpaired) electrons. The van der Waals surface area contributed by atoms with Gasteiger partial charge in [-0.15, -0.1) is 0 Å². The minimum atomic E-state index is -0.433. The number of aryl methyl sites for hydroxylation is 1. The molecule has 0 aliphatic carbocycles. The fourth-order valence-electron chi connectivity index (χ4n) is 1.16. The van der Waals surface area contributed by atoms with Gasteiger partial charge in [0, 0.05) is 11.6 Å². The van der Waals surface area contributed by atoms with Crippen LogP contribution in [0.15, 0.2) is 10.6 Å². The fraction of sp³-hybridized carbons (Fsp3) is 0.636. The molecule has 0 aromatic carbocycles. The second-order valence-electron chi connectivity index (χ2n) is 4.70. The lowest BCUT2D eigenvalue weighted by Gasteiger charge is -2.33. The Morgan fingerprint density at radius 1 is 1.65 bits per heavy atom. The fourth-order valence-corrected chi connectivity index (χ4v) is 1.16. The van der Waals surface area contributed by atoms with E-state index in [9.17, 15) is 4.79 Å². The number of anilines is 1. The molecule has 1 rings (SSSR count). The number of hydrogen-bond acceptors (Lipinski definition) is 5. The first-order valence-electron chi connectivity index (χ1n) is 5.40. The van der Waals surface area contributed by atoms with E-state index in [1.807, 2.05) is 13.8 Å². The first-order valence-corrected chi connectivity index (χ1v) is 5.40. The van der Waals surface area contributed by atoms with Gasteiger partial charge in [-0.05, 0) is 27.8 Å². The number of nitrogens with zero attached hydrogens (tertiary/aromatic N) is 2. The van der Waals surface area contributed by atoms with Gasteiger partial charge in [-0.1, -0.05) is 5.16 Å². The number of hydrogen-bond donors (Lipinski definition) is 2. The highest BCUT2D eigenvalue weighted by Crippen LogP contribution is 2.11. The largest absolute Gasteiger partial charge is 0.394 e. The number of aliphatic hydroxyl groups is 1. The zero-order chi connectivity index (χ0) is 13.1. The molecular formula is C11H19N3O3. The Labute approximate surface area is 101 Å². The molecule has 6 nitrogen and oxygen atoms in total. The number of carbonyl (C=O) groups is 1. The summed E-state index contributed by atoms with van der Waals surface area (Å²) in [4.78, 5) is 13.5. The molecule has 1 amide bonds. The first kappa shape index (κ1) is 13.7. The highest BCUT2D eigenvalue weighted by atomic mass is 16.5. The summed E-state index contributed by atoms with van der Waals surface area (Å²) in [5.74, 6) is 0.856. The smallest absolute Gasteiger partial charge is 0.239 e.